The second kappa shape index (κ2) is 6.03. The lowest BCUT2D eigenvalue weighted by atomic mass is 9.58. The molecule has 0 amide bonds. The summed E-state index contributed by atoms with van der Waals surface area (Å²) in [6.07, 6.45) is 6.42. The molecule has 0 bridgehead atoms. The highest BCUT2D eigenvalue weighted by atomic mass is 16.5. The first kappa shape index (κ1) is 15.8. The molecule has 0 spiro atoms. The average Bonchev–Trinajstić information content (AvgIpc) is 2.47. The minimum Gasteiger partial charge on any atom is -0.388 e. The molecule has 3 nitrogen and oxygen atoms in total. The van der Waals surface area contributed by atoms with E-state index in [-0.39, 0.29) is 6.10 Å². The van der Waals surface area contributed by atoms with Gasteiger partial charge in [-0.1, -0.05) is 40.0 Å². The van der Waals surface area contributed by atoms with E-state index in [0.717, 1.165) is 25.7 Å². The first-order chi connectivity index (χ1) is 9.46. The van der Waals surface area contributed by atoms with Crippen LogP contribution >= 0.6 is 0 Å². The normalized spacial score (nSPS) is 42.4. The lowest BCUT2D eigenvalue weighted by Crippen LogP contribution is -2.55. The summed E-state index contributed by atoms with van der Waals surface area (Å²) in [5.74, 6) is 0.982. The predicted octanol–water partition coefficient (Wildman–Crippen LogP) is 3.66. The highest BCUT2D eigenvalue weighted by Gasteiger charge is 2.54. The Kier molecular flexibility index (Phi) is 4.76. The highest BCUT2D eigenvalue weighted by Crippen LogP contribution is 2.52. The maximum atomic E-state index is 11.3. The van der Waals surface area contributed by atoms with Crippen molar-refractivity contribution in [3.05, 3.63) is 0 Å². The molecule has 4 atom stereocenters. The average molecular weight is 279 g/mol. The Bertz CT molecular complexity index is 376. The summed E-state index contributed by atoms with van der Waals surface area (Å²) in [6, 6.07) is 2.55. The molecule has 0 aromatic heterocycles. The molecule has 1 heterocycles. The van der Waals surface area contributed by atoms with Gasteiger partial charge in [-0.2, -0.15) is 5.26 Å². The molecule has 0 aromatic rings. The van der Waals surface area contributed by atoms with Crippen LogP contribution in [-0.2, 0) is 4.74 Å². The van der Waals surface area contributed by atoms with Crippen molar-refractivity contribution in [2.24, 2.45) is 17.3 Å². The van der Waals surface area contributed by atoms with E-state index in [2.05, 4.69) is 26.8 Å². The maximum absolute atomic E-state index is 11.3. The lowest BCUT2D eigenvalue weighted by Gasteiger charge is -2.51. The number of hydrogen-bond donors (Lipinski definition) is 1. The molecule has 2 rings (SSSR count). The van der Waals surface area contributed by atoms with Gasteiger partial charge in [-0.25, -0.2) is 0 Å². The second-order valence-electron chi connectivity index (χ2n) is 7.20. The minimum absolute atomic E-state index is 0.0842. The van der Waals surface area contributed by atoms with Crippen molar-refractivity contribution in [2.75, 3.05) is 6.61 Å². The standard InChI is InChI=1S/C17H29NO2/c1-4-14-6-5-7-16(10-14,12-18)17(19)8-9-20-15(11-17)13(2)3/h13-15,19H,4-11H2,1-3H3. The van der Waals surface area contributed by atoms with Gasteiger partial charge in [0, 0.05) is 19.4 Å². The van der Waals surface area contributed by atoms with Crippen LogP contribution in [0.4, 0.5) is 0 Å². The van der Waals surface area contributed by atoms with Crippen LogP contribution < -0.4 is 0 Å². The van der Waals surface area contributed by atoms with Crippen molar-refractivity contribution in [3.63, 3.8) is 0 Å². The molecule has 114 valence electrons. The van der Waals surface area contributed by atoms with E-state index in [1.54, 1.807) is 0 Å². The van der Waals surface area contributed by atoms with E-state index < -0.39 is 11.0 Å². The molecule has 1 saturated carbocycles. The van der Waals surface area contributed by atoms with Gasteiger partial charge < -0.3 is 9.84 Å². The second-order valence-corrected chi connectivity index (χ2v) is 7.20. The molecule has 0 aromatic carbocycles. The summed E-state index contributed by atoms with van der Waals surface area (Å²) in [5.41, 5.74) is -1.41. The molecule has 3 heteroatoms. The summed E-state index contributed by atoms with van der Waals surface area (Å²) in [6.45, 7) is 7.04. The van der Waals surface area contributed by atoms with E-state index >= 15 is 0 Å². The van der Waals surface area contributed by atoms with Gasteiger partial charge in [0.2, 0.25) is 0 Å². The van der Waals surface area contributed by atoms with Crippen LogP contribution in [0.15, 0.2) is 0 Å². The predicted molar refractivity (Wildman–Crippen MR) is 79.1 cm³/mol. The molecule has 0 radical (unpaired) electrons. The molecule has 1 aliphatic heterocycles. The van der Waals surface area contributed by atoms with E-state index in [9.17, 15) is 10.4 Å². The fourth-order valence-corrected chi connectivity index (χ4v) is 4.10. The van der Waals surface area contributed by atoms with Crippen molar-refractivity contribution in [3.8, 4) is 6.07 Å². The quantitative estimate of drug-likeness (QED) is 0.857. The Hall–Kier alpha value is -0.590. The zero-order chi connectivity index (χ0) is 14.8. The number of hydrogen-bond acceptors (Lipinski definition) is 3. The Balaban J connectivity index is 2.23. The van der Waals surface area contributed by atoms with Crippen LogP contribution in [0.3, 0.4) is 0 Å². The molecule has 2 aliphatic rings. The summed E-state index contributed by atoms with van der Waals surface area (Å²) in [4.78, 5) is 0. The molecule has 4 unspecified atom stereocenters. The van der Waals surface area contributed by atoms with Gasteiger partial charge >= 0.3 is 0 Å². The van der Waals surface area contributed by atoms with E-state index in [4.69, 9.17) is 4.74 Å². The largest absolute Gasteiger partial charge is 0.388 e. The molecular weight excluding hydrogens is 250 g/mol. The fourth-order valence-electron chi connectivity index (χ4n) is 4.10. The van der Waals surface area contributed by atoms with E-state index in [0.29, 0.717) is 31.3 Å². The van der Waals surface area contributed by atoms with E-state index in [1.165, 1.54) is 6.42 Å². The van der Waals surface area contributed by atoms with Crippen LogP contribution in [0.5, 0.6) is 0 Å². The van der Waals surface area contributed by atoms with Gasteiger partial charge in [0.1, 0.15) is 0 Å². The Morgan fingerprint density at radius 3 is 2.70 bits per heavy atom. The first-order valence-corrected chi connectivity index (χ1v) is 8.21. The molecule has 20 heavy (non-hydrogen) atoms. The van der Waals surface area contributed by atoms with Gasteiger partial charge in [0.15, 0.2) is 0 Å². The number of aliphatic hydroxyl groups is 1. The van der Waals surface area contributed by atoms with Crippen LogP contribution in [-0.4, -0.2) is 23.4 Å². The van der Waals surface area contributed by atoms with Gasteiger partial charge in [0.05, 0.1) is 23.2 Å². The summed E-state index contributed by atoms with van der Waals surface area (Å²) >= 11 is 0. The van der Waals surface area contributed by atoms with Gasteiger partial charge in [0.25, 0.3) is 0 Å². The number of ether oxygens (including phenoxy) is 1. The molecular formula is C17H29NO2. The highest BCUT2D eigenvalue weighted by molar-refractivity contribution is 5.14. The third-order valence-corrected chi connectivity index (χ3v) is 5.67. The number of nitrogens with zero attached hydrogens (tertiary/aromatic N) is 1. The van der Waals surface area contributed by atoms with Crippen LogP contribution in [0.25, 0.3) is 0 Å². The summed E-state index contributed by atoms with van der Waals surface area (Å²) < 4.78 is 5.80. The van der Waals surface area contributed by atoms with Crippen molar-refractivity contribution in [1.82, 2.24) is 0 Å². The fraction of sp³-hybridized carbons (Fsp3) is 0.941. The smallest absolute Gasteiger partial charge is 0.0880 e. The van der Waals surface area contributed by atoms with Crippen LogP contribution in [0.1, 0.15) is 65.7 Å². The minimum atomic E-state index is -0.858. The molecule has 2 fully saturated rings. The Morgan fingerprint density at radius 1 is 1.35 bits per heavy atom. The van der Waals surface area contributed by atoms with Crippen LogP contribution in [0.2, 0.25) is 0 Å². The SMILES string of the molecule is CCC1CCCC(C#N)(C2(O)CCOC(C(C)C)C2)C1. The van der Waals surface area contributed by atoms with Gasteiger partial charge in [-0.05, 0) is 24.7 Å². The lowest BCUT2D eigenvalue weighted by molar-refractivity contribution is -0.172. The molecule has 1 aliphatic carbocycles. The number of rotatable bonds is 3. The summed E-state index contributed by atoms with van der Waals surface area (Å²) in [7, 11) is 0. The maximum Gasteiger partial charge on any atom is 0.0880 e. The van der Waals surface area contributed by atoms with Crippen molar-refractivity contribution >= 4 is 0 Å². The van der Waals surface area contributed by atoms with Crippen molar-refractivity contribution in [1.29, 1.82) is 5.26 Å². The zero-order valence-electron chi connectivity index (χ0n) is 13.2. The number of nitriles is 1. The van der Waals surface area contributed by atoms with Crippen molar-refractivity contribution in [2.45, 2.75) is 77.4 Å². The Morgan fingerprint density at radius 2 is 2.10 bits per heavy atom. The first-order valence-electron chi connectivity index (χ1n) is 8.21. The molecule has 1 saturated heterocycles. The Labute approximate surface area is 123 Å². The monoisotopic (exact) mass is 279 g/mol. The zero-order valence-corrected chi connectivity index (χ0v) is 13.2. The third kappa shape index (κ3) is 2.73. The van der Waals surface area contributed by atoms with Gasteiger partial charge in [-0.3, -0.25) is 0 Å². The third-order valence-electron chi connectivity index (χ3n) is 5.67. The molecule has 1 N–H and O–H groups in total. The van der Waals surface area contributed by atoms with Crippen LogP contribution in [0, 0.1) is 28.6 Å². The topological polar surface area (TPSA) is 53.2 Å². The van der Waals surface area contributed by atoms with Crippen molar-refractivity contribution < 1.29 is 9.84 Å². The van der Waals surface area contributed by atoms with Gasteiger partial charge in [-0.15, -0.1) is 0 Å². The summed E-state index contributed by atoms with van der Waals surface area (Å²) in [5, 5.41) is 21.1. The van der Waals surface area contributed by atoms with E-state index in [1.807, 2.05) is 0 Å².